The molecule has 0 atom stereocenters. The minimum absolute atomic E-state index is 0.00463. The van der Waals surface area contributed by atoms with Crippen LogP contribution in [0.4, 0.5) is 5.69 Å². The Kier molecular flexibility index (Phi) is 4.61. The van der Waals surface area contributed by atoms with Crippen molar-refractivity contribution in [3.63, 3.8) is 0 Å². The predicted molar refractivity (Wildman–Crippen MR) is 87.1 cm³/mol. The zero-order valence-corrected chi connectivity index (χ0v) is 13.5. The van der Waals surface area contributed by atoms with Crippen LogP contribution in [0.3, 0.4) is 0 Å². The van der Waals surface area contributed by atoms with E-state index in [1.165, 1.54) is 5.56 Å². The maximum Gasteiger partial charge on any atom is 0.228 e. The van der Waals surface area contributed by atoms with Gasteiger partial charge >= 0.3 is 0 Å². The van der Waals surface area contributed by atoms with Gasteiger partial charge in [-0.25, -0.2) is 0 Å². The standard InChI is InChI=1S/C17H18BrNO/c1-11-7-8-12(2)14(9-11)10-16(20)19-15-6-4-5-13(3)17(15)18/h4-9H,10H2,1-3H3,(H,19,20). The molecule has 1 N–H and O–H groups in total. The van der Waals surface area contributed by atoms with Crippen LogP contribution >= 0.6 is 15.9 Å². The van der Waals surface area contributed by atoms with Crippen LogP contribution in [0, 0.1) is 20.8 Å². The molecule has 0 bridgehead atoms. The van der Waals surface area contributed by atoms with Crippen molar-refractivity contribution in [1.29, 1.82) is 0 Å². The van der Waals surface area contributed by atoms with Gasteiger partial charge in [-0.2, -0.15) is 0 Å². The van der Waals surface area contributed by atoms with Crippen molar-refractivity contribution >= 4 is 27.5 Å². The number of aryl methyl sites for hydroxylation is 3. The lowest BCUT2D eigenvalue weighted by Gasteiger charge is -2.11. The molecule has 2 rings (SSSR count). The molecule has 1 amide bonds. The minimum atomic E-state index is 0.00463. The van der Waals surface area contributed by atoms with E-state index in [9.17, 15) is 4.79 Å². The van der Waals surface area contributed by atoms with Crippen LogP contribution in [0.2, 0.25) is 0 Å². The normalized spacial score (nSPS) is 10.4. The Labute approximate surface area is 128 Å². The van der Waals surface area contributed by atoms with Crippen LogP contribution < -0.4 is 5.32 Å². The molecule has 0 radical (unpaired) electrons. The first-order valence-corrected chi connectivity index (χ1v) is 7.38. The second-order valence-corrected chi connectivity index (χ2v) is 5.88. The van der Waals surface area contributed by atoms with Crippen LogP contribution in [-0.2, 0) is 11.2 Å². The number of rotatable bonds is 3. The number of benzene rings is 2. The Balaban J connectivity index is 2.13. The van der Waals surface area contributed by atoms with Crippen LogP contribution in [0.5, 0.6) is 0 Å². The molecule has 0 spiro atoms. The molecule has 20 heavy (non-hydrogen) atoms. The van der Waals surface area contributed by atoms with Gasteiger partial charge in [-0.05, 0) is 59.5 Å². The molecule has 0 aliphatic carbocycles. The number of carbonyl (C=O) groups excluding carboxylic acids is 1. The summed E-state index contributed by atoms with van der Waals surface area (Å²) < 4.78 is 0.939. The van der Waals surface area contributed by atoms with Crippen molar-refractivity contribution in [2.75, 3.05) is 5.32 Å². The van der Waals surface area contributed by atoms with Crippen molar-refractivity contribution < 1.29 is 4.79 Å². The second kappa shape index (κ2) is 6.23. The fourth-order valence-electron chi connectivity index (χ4n) is 2.10. The fraction of sp³-hybridized carbons (Fsp3) is 0.235. The lowest BCUT2D eigenvalue weighted by atomic mass is 10.0. The van der Waals surface area contributed by atoms with Gasteiger partial charge in [-0.1, -0.05) is 35.9 Å². The van der Waals surface area contributed by atoms with Crippen molar-refractivity contribution in [3.05, 3.63) is 63.1 Å². The molecule has 0 aliphatic rings. The number of anilines is 1. The molecular formula is C17H18BrNO. The third-order valence-electron chi connectivity index (χ3n) is 3.32. The molecule has 0 saturated carbocycles. The summed E-state index contributed by atoms with van der Waals surface area (Å²) in [4.78, 5) is 12.2. The predicted octanol–water partition coefficient (Wildman–Crippen LogP) is 4.56. The van der Waals surface area contributed by atoms with E-state index in [0.29, 0.717) is 6.42 Å². The van der Waals surface area contributed by atoms with E-state index in [4.69, 9.17) is 0 Å². The van der Waals surface area contributed by atoms with Crippen molar-refractivity contribution in [2.24, 2.45) is 0 Å². The summed E-state index contributed by atoms with van der Waals surface area (Å²) in [6.45, 7) is 6.08. The molecule has 0 aliphatic heterocycles. The van der Waals surface area contributed by atoms with E-state index in [2.05, 4.69) is 39.4 Å². The highest BCUT2D eigenvalue weighted by molar-refractivity contribution is 9.10. The maximum atomic E-state index is 12.2. The first kappa shape index (κ1) is 14.8. The van der Waals surface area contributed by atoms with Gasteiger partial charge < -0.3 is 5.32 Å². The molecule has 0 fully saturated rings. The molecular weight excluding hydrogens is 314 g/mol. The van der Waals surface area contributed by atoms with Gasteiger partial charge in [0.25, 0.3) is 0 Å². The van der Waals surface area contributed by atoms with Gasteiger partial charge in [0.1, 0.15) is 0 Å². The molecule has 104 valence electrons. The van der Waals surface area contributed by atoms with E-state index in [1.807, 2.05) is 39.0 Å². The first-order valence-electron chi connectivity index (χ1n) is 6.58. The zero-order valence-electron chi connectivity index (χ0n) is 12.0. The SMILES string of the molecule is Cc1ccc(C)c(CC(=O)Nc2cccc(C)c2Br)c1. The summed E-state index contributed by atoms with van der Waals surface area (Å²) in [5.74, 6) is 0.00463. The Morgan fingerprint density at radius 3 is 2.60 bits per heavy atom. The number of hydrogen-bond acceptors (Lipinski definition) is 1. The summed E-state index contributed by atoms with van der Waals surface area (Å²) in [7, 11) is 0. The number of nitrogens with one attached hydrogen (secondary N) is 1. The van der Waals surface area contributed by atoms with E-state index in [-0.39, 0.29) is 5.91 Å². The minimum Gasteiger partial charge on any atom is -0.325 e. The summed E-state index contributed by atoms with van der Waals surface area (Å²) in [6, 6.07) is 12.0. The van der Waals surface area contributed by atoms with Gasteiger partial charge in [-0.3, -0.25) is 4.79 Å². The van der Waals surface area contributed by atoms with E-state index < -0.39 is 0 Å². The van der Waals surface area contributed by atoms with Crippen LogP contribution in [-0.4, -0.2) is 5.91 Å². The lowest BCUT2D eigenvalue weighted by Crippen LogP contribution is -2.15. The first-order chi connectivity index (χ1) is 9.47. The highest BCUT2D eigenvalue weighted by Gasteiger charge is 2.09. The monoisotopic (exact) mass is 331 g/mol. The molecule has 2 aromatic carbocycles. The average Bonchev–Trinajstić information content (AvgIpc) is 2.39. The third-order valence-corrected chi connectivity index (χ3v) is 4.37. The van der Waals surface area contributed by atoms with Gasteiger partial charge in [0.05, 0.1) is 12.1 Å². The lowest BCUT2D eigenvalue weighted by molar-refractivity contribution is -0.115. The van der Waals surface area contributed by atoms with Crippen molar-refractivity contribution in [2.45, 2.75) is 27.2 Å². The second-order valence-electron chi connectivity index (χ2n) is 5.09. The summed E-state index contributed by atoms with van der Waals surface area (Å²) in [5, 5.41) is 2.96. The van der Waals surface area contributed by atoms with Gasteiger partial charge in [0.15, 0.2) is 0 Å². The number of halogens is 1. The smallest absolute Gasteiger partial charge is 0.228 e. The van der Waals surface area contributed by atoms with Crippen LogP contribution in [0.25, 0.3) is 0 Å². The fourth-order valence-corrected chi connectivity index (χ4v) is 2.47. The number of carbonyl (C=O) groups is 1. The van der Waals surface area contributed by atoms with E-state index >= 15 is 0 Å². The number of hydrogen-bond donors (Lipinski definition) is 1. The molecule has 0 heterocycles. The van der Waals surface area contributed by atoms with E-state index in [1.54, 1.807) is 0 Å². The Bertz CT molecular complexity index is 643. The molecule has 2 nitrogen and oxygen atoms in total. The largest absolute Gasteiger partial charge is 0.325 e. The van der Waals surface area contributed by atoms with Crippen molar-refractivity contribution in [3.8, 4) is 0 Å². The van der Waals surface area contributed by atoms with Crippen molar-refractivity contribution in [1.82, 2.24) is 0 Å². The molecule has 2 aromatic rings. The molecule has 0 aromatic heterocycles. The average molecular weight is 332 g/mol. The molecule has 0 saturated heterocycles. The number of amides is 1. The third kappa shape index (κ3) is 3.48. The molecule has 3 heteroatoms. The van der Waals surface area contributed by atoms with Gasteiger partial charge in [-0.15, -0.1) is 0 Å². The van der Waals surface area contributed by atoms with E-state index in [0.717, 1.165) is 26.9 Å². The topological polar surface area (TPSA) is 29.1 Å². The summed E-state index contributed by atoms with van der Waals surface area (Å²) in [5.41, 5.74) is 5.32. The maximum absolute atomic E-state index is 12.2. The van der Waals surface area contributed by atoms with Crippen LogP contribution in [0.1, 0.15) is 22.3 Å². The Hall–Kier alpha value is -1.61. The summed E-state index contributed by atoms with van der Waals surface area (Å²) >= 11 is 3.51. The highest BCUT2D eigenvalue weighted by atomic mass is 79.9. The summed E-state index contributed by atoms with van der Waals surface area (Å²) in [6.07, 6.45) is 0.397. The van der Waals surface area contributed by atoms with Gasteiger partial charge in [0.2, 0.25) is 5.91 Å². The highest BCUT2D eigenvalue weighted by Crippen LogP contribution is 2.26. The molecule has 0 unspecified atom stereocenters. The zero-order chi connectivity index (χ0) is 14.7. The Morgan fingerprint density at radius 2 is 1.85 bits per heavy atom. The Morgan fingerprint density at radius 1 is 1.10 bits per heavy atom. The van der Waals surface area contributed by atoms with Gasteiger partial charge in [0, 0.05) is 4.47 Å². The quantitative estimate of drug-likeness (QED) is 0.877. The van der Waals surface area contributed by atoms with Crippen LogP contribution in [0.15, 0.2) is 40.9 Å².